The summed E-state index contributed by atoms with van der Waals surface area (Å²) in [6.07, 6.45) is 33.9. The van der Waals surface area contributed by atoms with Gasteiger partial charge in [-0.25, -0.2) is 4.18 Å². The number of allylic oxidation sites excluding steroid dienone is 1. The van der Waals surface area contributed by atoms with Crippen LogP contribution in [0.5, 0.6) is 0 Å². The summed E-state index contributed by atoms with van der Waals surface area (Å²) in [5, 5.41) is 0. The van der Waals surface area contributed by atoms with Crippen molar-refractivity contribution in [2.45, 2.75) is 162 Å². The van der Waals surface area contributed by atoms with Crippen molar-refractivity contribution in [3.8, 4) is 0 Å². The van der Waals surface area contributed by atoms with Crippen LogP contribution in [-0.2, 0) is 14.6 Å². The van der Waals surface area contributed by atoms with Crippen LogP contribution in [0.4, 0.5) is 0 Å². The van der Waals surface area contributed by atoms with Gasteiger partial charge in [-0.3, -0.25) is 4.55 Å². The molecule has 0 amide bonds. The minimum atomic E-state index is -4.36. The summed E-state index contributed by atoms with van der Waals surface area (Å²) >= 11 is 0. The molecule has 0 rings (SSSR count). The van der Waals surface area contributed by atoms with Gasteiger partial charge in [0, 0.05) is 5.92 Å². The van der Waals surface area contributed by atoms with Gasteiger partial charge >= 0.3 is 10.4 Å². The molecular weight excluding hydrogens is 444 g/mol. The van der Waals surface area contributed by atoms with E-state index >= 15 is 0 Å². The number of hydrogen-bond donors (Lipinski definition) is 1. The Balaban J connectivity index is 3.83. The average Bonchev–Trinajstić information content (AvgIpc) is 2.80. The lowest BCUT2D eigenvalue weighted by atomic mass is 9.99. The summed E-state index contributed by atoms with van der Waals surface area (Å²) in [5.74, 6) is 0.0590. The summed E-state index contributed by atoms with van der Waals surface area (Å²) in [6, 6.07) is 0. The van der Waals surface area contributed by atoms with Gasteiger partial charge in [-0.2, -0.15) is 8.42 Å². The van der Waals surface area contributed by atoms with Crippen molar-refractivity contribution in [1.29, 1.82) is 0 Å². The summed E-state index contributed by atoms with van der Waals surface area (Å²) < 4.78 is 35.5. The standard InChI is InChI=1S/C29H58O4S/c1-3-5-7-9-11-13-15-16-17-19-21-23-25-27-29(28-33-34(30,31)32)26-24-22-20-18-14-12-10-8-6-4-2/h24,26,29H,3-23,25,27-28H2,1-2H3,(H,30,31,32)/b26-24+. The molecule has 204 valence electrons. The van der Waals surface area contributed by atoms with Gasteiger partial charge in [0.2, 0.25) is 0 Å². The van der Waals surface area contributed by atoms with Crippen LogP contribution >= 0.6 is 0 Å². The zero-order chi connectivity index (χ0) is 25.2. The van der Waals surface area contributed by atoms with E-state index < -0.39 is 10.4 Å². The van der Waals surface area contributed by atoms with Crippen LogP contribution in [0.25, 0.3) is 0 Å². The first-order chi connectivity index (χ1) is 16.5. The molecule has 34 heavy (non-hydrogen) atoms. The Morgan fingerprint density at radius 1 is 0.618 bits per heavy atom. The first-order valence-electron chi connectivity index (χ1n) is 14.8. The normalized spacial score (nSPS) is 13.1. The zero-order valence-electron chi connectivity index (χ0n) is 22.8. The summed E-state index contributed by atoms with van der Waals surface area (Å²) in [5.41, 5.74) is 0. The van der Waals surface area contributed by atoms with E-state index in [1.54, 1.807) is 0 Å². The molecule has 0 spiro atoms. The van der Waals surface area contributed by atoms with Crippen LogP contribution in [0.1, 0.15) is 162 Å². The fourth-order valence-electron chi connectivity index (χ4n) is 4.52. The fraction of sp³-hybridized carbons (Fsp3) is 0.931. The van der Waals surface area contributed by atoms with Gasteiger partial charge in [0.25, 0.3) is 0 Å². The van der Waals surface area contributed by atoms with E-state index in [0.29, 0.717) is 0 Å². The fourth-order valence-corrected chi connectivity index (χ4v) is 4.86. The van der Waals surface area contributed by atoms with Crippen LogP contribution in [0.15, 0.2) is 12.2 Å². The maximum absolute atomic E-state index is 11.0. The molecule has 0 aromatic heterocycles. The molecule has 1 unspecified atom stereocenters. The van der Waals surface area contributed by atoms with Crippen molar-refractivity contribution >= 4 is 10.4 Å². The van der Waals surface area contributed by atoms with Crippen molar-refractivity contribution in [3.63, 3.8) is 0 Å². The van der Waals surface area contributed by atoms with Crippen LogP contribution in [0.3, 0.4) is 0 Å². The smallest absolute Gasteiger partial charge is 0.264 e. The topological polar surface area (TPSA) is 63.6 Å². The molecule has 1 N–H and O–H groups in total. The first-order valence-corrected chi connectivity index (χ1v) is 16.1. The quantitative estimate of drug-likeness (QED) is 0.0689. The van der Waals surface area contributed by atoms with Crippen molar-refractivity contribution in [1.82, 2.24) is 0 Å². The highest BCUT2D eigenvalue weighted by atomic mass is 32.3. The molecule has 0 aliphatic rings. The second-order valence-electron chi connectivity index (χ2n) is 10.2. The minimum absolute atomic E-state index is 0.0466. The zero-order valence-corrected chi connectivity index (χ0v) is 23.6. The monoisotopic (exact) mass is 502 g/mol. The van der Waals surface area contributed by atoms with E-state index in [9.17, 15) is 8.42 Å². The Labute approximate surface area is 213 Å². The van der Waals surface area contributed by atoms with E-state index in [2.05, 4.69) is 30.2 Å². The highest BCUT2D eigenvalue weighted by molar-refractivity contribution is 7.80. The SMILES string of the molecule is CCCCCCCCCC/C=C/C(CCCCCCCCCCCCCCC)COS(=O)(=O)O. The molecule has 1 atom stereocenters. The van der Waals surface area contributed by atoms with Gasteiger partial charge < -0.3 is 0 Å². The number of rotatable bonds is 27. The molecule has 0 bridgehead atoms. The Bertz CT molecular complexity index is 530. The second-order valence-corrected chi connectivity index (χ2v) is 11.3. The van der Waals surface area contributed by atoms with Crippen molar-refractivity contribution < 1.29 is 17.2 Å². The van der Waals surface area contributed by atoms with E-state index in [-0.39, 0.29) is 12.5 Å². The maximum atomic E-state index is 11.0. The molecule has 0 aliphatic carbocycles. The van der Waals surface area contributed by atoms with Gasteiger partial charge in [0.05, 0.1) is 6.61 Å². The van der Waals surface area contributed by atoms with E-state index in [1.165, 1.54) is 128 Å². The molecule has 0 aliphatic heterocycles. The van der Waals surface area contributed by atoms with Crippen molar-refractivity contribution in [2.24, 2.45) is 5.92 Å². The van der Waals surface area contributed by atoms with Gasteiger partial charge in [-0.15, -0.1) is 0 Å². The van der Waals surface area contributed by atoms with Crippen LogP contribution in [0, 0.1) is 5.92 Å². The molecule has 0 saturated carbocycles. The summed E-state index contributed by atoms with van der Waals surface area (Å²) in [7, 11) is -4.36. The van der Waals surface area contributed by atoms with Gasteiger partial charge in [-0.1, -0.05) is 154 Å². The molecule has 0 heterocycles. The highest BCUT2D eigenvalue weighted by Gasteiger charge is 2.11. The lowest BCUT2D eigenvalue weighted by Gasteiger charge is -2.12. The van der Waals surface area contributed by atoms with E-state index in [4.69, 9.17) is 4.55 Å². The Hall–Kier alpha value is -0.390. The molecule has 0 saturated heterocycles. The third-order valence-corrected chi connectivity index (χ3v) is 7.18. The van der Waals surface area contributed by atoms with E-state index in [1.807, 2.05) is 0 Å². The van der Waals surface area contributed by atoms with Crippen molar-refractivity contribution in [2.75, 3.05) is 6.61 Å². The van der Waals surface area contributed by atoms with E-state index in [0.717, 1.165) is 19.3 Å². The average molecular weight is 503 g/mol. The van der Waals surface area contributed by atoms with Crippen LogP contribution in [-0.4, -0.2) is 19.6 Å². The number of hydrogen-bond acceptors (Lipinski definition) is 3. The van der Waals surface area contributed by atoms with Gasteiger partial charge in [0.1, 0.15) is 0 Å². The molecule has 0 aromatic carbocycles. The molecular formula is C29H58O4S. The lowest BCUT2D eigenvalue weighted by Crippen LogP contribution is -2.12. The molecule has 4 nitrogen and oxygen atoms in total. The Morgan fingerprint density at radius 2 is 1.00 bits per heavy atom. The molecule has 0 aromatic rings. The van der Waals surface area contributed by atoms with Gasteiger partial charge in [0.15, 0.2) is 0 Å². The van der Waals surface area contributed by atoms with Crippen LogP contribution in [0.2, 0.25) is 0 Å². The summed E-state index contributed by atoms with van der Waals surface area (Å²) in [4.78, 5) is 0. The summed E-state index contributed by atoms with van der Waals surface area (Å²) in [6.45, 7) is 4.56. The van der Waals surface area contributed by atoms with Gasteiger partial charge in [-0.05, 0) is 19.3 Å². The predicted octanol–water partition coefficient (Wildman–Crippen LogP) is 9.99. The Morgan fingerprint density at radius 3 is 1.41 bits per heavy atom. The minimum Gasteiger partial charge on any atom is -0.264 e. The maximum Gasteiger partial charge on any atom is 0.397 e. The number of unbranched alkanes of at least 4 members (excludes halogenated alkanes) is 20. The molecule has 0 radical (unpaired) electrons. The Kier molecular flexibility index (Phi) is 25.4. The molecule has 5 heteroatoms. The third-order valence-electron chi connectivity index (χ3n) is 6.74. The first kappa shape index (κ1) is 33.6. The largest absolute Gasteiger partial charge is 0.397 e. The van der Waals surface area contributed by atoms with Crippen molar-refractivity contribution in [3.05, 3.63) is 12.2 Å². The second kappa shape index (κ2) is 25.7. The lowest BCUT2D eigenvalue weighted by molar-refractivity contribution is 0.234. The third kappa shape index (κ3) is 27.9. The predicted molar refractivity (Wildman–Crippen MR) is 148 cm³/mol. The molecule has 0 fully saturated rings. The van der Waals surface area contributed by atoms with Crippen LogP contribution < -0.4 is 0 Å². The highest BCUT2D eigenvalue weighted by Crippen LogP contribution is 2.17.